The molecule has 0 radical (unpaired) electrons. The number of fused-ring (bicyclic) bond motifs is 2. The number of likely N-dealkylation sites (tertiary alicyclic amines) is 1. The number of hydrogen-bond acceptors (Lipinski definition) is 4. The maximum Gasteiger partial charge on any atom is 0.260 e. The molecule has 2 amide bonds. The summed E-state index contributed by atoms with van der Waals surface area (Å²) in [6, 6.07) is 8.25. The standard InChI is InChI=1S/C19H25N3O3/c23-18(22-9-8-14-6-7-16(11-22)20-14)12-25-17-3-1-2-15(10-17)21-19(24)13-4-5-13/h1-3,10,13-14,16,20H,4-9,11-12H2,(H,21,24). The number of carbonyl (C=O) groups is 2. The number of carbonyl (C=O) groups excluding carboxylic acids is 2. The molecule has 1 aliphatic carbocycles. The third-order valence-electron chi connectivity index (χ3n) is 5.29. The van der Waals surface area contributed by atoms with Crippen molar-refractivity contribution in [2.45, 2.75) is 44.2 Å². The van der Waals surface area contributed by atoms with Crippen molar-refractivity contribution in [3.8, 4) is 5.75 Å². The van der Waals surface area contributed by atoms with Gasteiger partial charge < -0.3 is 20.3 Å². The number of nitrogens with one attached hydrogen (secondary N) is 2. The van der Waals surface area contributed by atoms with Gasteiger partial charge in [-0.1, -0.05) is 6.07 Å². The molecule has 2 bridgehead atoms. The van der Waals surface area contributed by atoms with Crippen LogP contribution in [0.1, 0.15) is 32.1 Å². The van der Waals surface area contributed by atoms with E-state index in [4.69, 9.17) is 4.74 Å². The molecule has 2 heterocycles. The van der Waals surface area contributed by atoms with Crippen molar-refractivity contribution in [3.05, 3.63) is 24.3 Å². The average molecular weight is 343 g/mol. The van der Waals surface area contributed by atoms with Crippen LogP contribution in [0.5, 0.6) is 5.75 Å². The zero-order valence-corrected chi connectivity index (χ0v) is 14.4. The SMILES string of the molecule is O=C(Nc1cccc(OCC(=O)N2CCC3CCC(C2)N3)c1)C1CC1. The number of anilines is 1. The van der Waals surface area contributed by atoms with E-state index in [1.807, 2.05) is 23.1 Å². The van der Waals surface area contributed by atoms with Gasteiger partial charge in [0, 0.05) is 42.8 Å². The van der Waals surface area contributed by atoms with Crippen LogP contribution >= 0.6 is 0 Å². The van der Waals surface area contributed by atoms with Gasteiger partial charge in [0.15, 0.2) is 6.61 Å². The fourth-order valence-electron chi connectivity index (χ4n) is 3.66. The fourth-order valence-corrected chi connectivity index (χ4v) is 3.66. The molecule has 1 aromatic carbocycles. The Balaban J connectivity index is 1.30. The number of amides is 2. The predicted octanol–water partition coefficient (Wildman–Crippen LogP) is 1.77. The van der Waals surface area contributed by atoms with Gasteiger partial charge in [-0.3, -0.25) is 9.59 Å². The Kier molecular flexibility index (Phi) is 4.61. The predicted molar refractivity (Wildman–Crippen MR) is 94.4 cm³/mol. The van der Waals surface area contributed by atoms with Gasteiger partial charge in [0.1, 0.15) is 5.75 Å². The molecule has 1 aromatic rings. The van der Waals surface area contributed by atoms with Crippen molar-refractivity contribution in [1.82, 2.24) is 10.2 Å². The van der Waals surface area contributed by atoms with Crippen LogP contribution in [0.2, 0.25) is 0 Å². The normalized spacial score (nSPS) is 25.4. The summed E-state index contributed by atoms with van der Waals surface area (Å²) in [6.07, 6.45) is 5.34. The Hall–Kier alpha value is -2.08. The van der Waals surface area contributed by atoms with Crippen molar-refractivity contribution in [3.63, 3.8) is 0 Å². The molecule has 1 saturated carbocycles. The molecular formula is C19H25N3O3. The van der Waals surface area contributed by atoms with E-state index in [-0.39, 0.29) is 24.3 Å². The monoisotopic (exact) mass is 343 g/mol. The van der Waals surface area contributed by atoms with Gasteiger partial charge in [-0.2, -0.15) is 0 Å². The van der Waals surface area contributed by atoms with Gasteiger partial charge in [0.2, 0.25) is 5.91 Å². The molecule has 2 saturated heterocycles. The molecule has 2 N–H and O–H groups in total. The van der Waals surface area contributed by atoms with E-state index < -0.39 is 0 Å². The van der Waals surface area contributed by atoms with E-state index >= 15 is 0 Å². The number of benzene rings is 1. The molecule has 2 unspecified atom stereocenters. The molecule has 2 aliphatic heterocycles. The third kappa shape index (κ3) is 4.12. The Bertz CT molecular complexity index is 659. The highest BCUT2D eigenvalue weighted by Crippen LogP contribution is 2.30. The van der Waals surface area contributed by atoms with Crippen LogP contribution in [-0.2, 0) is 9.59 Å². The highest BCUT2D eigenvalue weighted by atomic mass is 16.5. The van der Waals surface area contributed by atoms with Crippen LogP contribution in [0.25, 0.3) is 0 Å². The van der Waals surface area contributed by atoms with E-state index in [0.29, 0.717) is 17.8 Å². The molecule has 6 nitrogen and oxygen atoms in total. The fraction of sp³-hybridized carbons (Fsp3) is 0.579. The van der Waals surface area contributed by atoms with Crippen molar-refractivity contribution in [2.24, 2.45) is 5.92 Å². The summed E-state index contributed by atoms with van der Waals surface area (Å²) >= 11 is 0. The van der Waals surface area contributed by atoms with Gasteiger partial charge in [0.25, 0.3) is 5.91 Å². The molecule has 4 rings (SSSR count). The highest BCUT2D eigenvalue weighted by molar-refractivity contribution is 5.94. The molecule has 3 aliphatic rings. The number of rotatable bonds is 5. The average Bonchev–Trinajstić information content (AvgIpc) is 3.38. The minimum atomic E-state index is 0.0294. The summed E-state index contributed by atoms with van der Waals surface area (Å²) in [5.74, 6) is 0.872. The van der Waals surface area contributed by atoms with Gasteiger partial charge in [-0.15, -0.1) is 0 Å². The van der Waals surface area contributed by atoms with Crippen molar-refractivity contribution in [2.75, 3.05) is 25.0 Å². The quantitative estimate of drug-likeness (QED) is 0.855. The lowest BCUT2D eigenvalue weighted by Gasteiger charge is -2.24. The van der Waals surface area contributed by atoms with Gasteiger partial charge in [-0.05, 0) is 44.2 Å². The molecule has 0 spiro atoms. The Morgan fingerprint density at radius 2 is 2.00 bits per heavy atom. The van der Waals surface area contributed by atoms with Crippen LogP contribution in [0.3, 0.4) is 0 Å². The summed E-state index contributed by atoms with van der Waals surface area (Å²) in [7, 11) is 0. The summed E-state index contributed by atoms with van der Waals surface area (Å²) in [5, 5.41) is 6.48. The first-order valence-electron chi connectivity index (χ1n) is 9.25. The lowest BCUT2D eigenvalue weighted by Crippen LogP contribution is -2.41. The first-order chi connectivity index (χ1) is 12.2. The molecule has 3 fully saturated rings. The Morgan fingerprint density at radius 3 is 2.84 bits per heavy atom. The largest absolute Gasteiger partial charge is 0.484 e. The first kappa shape index (κ1) is 16.4. The summed E-state index contributed by atoms with van der Waals surface area (Å²) in [5.41, 5.74) is 0.720. The molecule has 0 aromatic heterocycles. The summed E-state index contributed by atoms with van der Waals surface area (Å²) in [4.78, 5) is 26.2. The lowest BCUT2D eigenvalue weighted by molar-refractivity contribution is -0.133. The van der Waals surface area contributed by atoms with Crippen LogP contribution in [0.4, 0.5) is 5.69 Å². The van der Waals surface area contributed by atoms with E-state index in [0.717, 1.165) is 44.5 Å². The van der Waals surface area contributed by atoms with Crippen LogP contribution in [0.15, 0.2) is 24.3 Å². The smallest absolute Gasteiger partial charge is 0.260 e. The summed E-state index contributed by atoms with van der Waals surface area (Å²) in [6.45, 7) is 1.61. The van der Waals surface area contributed by atoms with Crippen molar-refractivity contribution < 1.29 is 14.3 Å². The van der Waals surface area contributed by atoms with E-state index in [2.05, 4.69) is 10.6 Å². The van der Waals surface area contributed by atoms with Gasteiger partial charge in [-0.25, -0.2) is 0 Å². The van der Waals surface area contributed by atoms with Crippen molar-refractivity contribution in [1.29, 1.82) is 0 Å². The van der Waals surface area contributed by atoms with E-state index in [1.54, 1.807) is 6.07 Å². The second kappa shape index (κ2) is 7.04. The van der Waals surface area contributed by atoms with E-state index in [1.165, 1.54) is 6.42 Å². The maximum atomic E-state index is 12.5. The molecule has 134 valence electrons. The molecule has 2 atom stereocenters. The molecule has 25 heavy (non-hydrogen) atoms. The van der Waals surface area contributed by atoms with Crippen LogP contribution in [0, 0.1) is 5.92 Å². The van der Waals surface area contributed by atoms with E-state index in [9.17, 15) is 9.59 Å². The summed E-state index contributed by atoms with van der Waals surface area (Å²) < 4.78 is 5.68. The first-order valence-corrected chi connectivity index (χ1v) is 9.25. The zero-order valence-electron chi connectivity index (χ0n) is 14.4. The lowest BCUT2D eigenvalue weighted by atomic mass is 10.1. The molecule has 6 heteroatoms. The minimum Gasteiger partial charge on any atom is -0.484 e. The Morgan fingerprint density at radius 1 is 1.16 bits per heavy atom. The Labute approximate surface area is 147 Å². The van der Waals surface area contributed by atoms with Gasteiger partial charge in [0.05, 0.1) is 0 Å². The topological polar surface area (TPSA) is 70.7 Å². The number of ether oxygens (including phenoxy) is 1. The minimum absolute atomic E-state index is 0.0294. The zero-order chi connectivity index (χ0) is 17.2. The van der Waals surface area contributed by atoms with Crippen LogP contribution < -0.4 is 15.4 Å². The third-order valence-corrected chi connectivity index (χ3v) is 5.29. The van der Waals surface area contributed by atoms with Crippen molar-refractivity contribution >= 4 is 17.5 Å². The second-order valence-electron chi connectivity index (χ2n) is 7.35. The highest BCUT2D eigenvalue weighted by Gasteiger charge is 2.31. The van der Waals surface area contributed by atoms with Gasteiger partial charge >= 0.3 is 0 Å². The van der Waals surface area contributed by atoms with Crippen LogP contribution in [-0.4, -0.2) is 48.5 Å². The number of nitrogens with zero attached hydrogens (tertiary/aromatic N) is 1. The number of hydrogen-bond donors (Lipinski definition) is 2. The second-order valence-corrected chi connectivity index (χ2v) is 7.35. The molecular weight excluding hydrogens is 318 g/mol. The maximum absolute atomic E-state index is 12.5.